The van der Waals surface area contributed by atoms with Gasteiger partial charge in [-0.05, 0) is 38.3 Å². The molecule has 1 aliphatic carbocycles. The molecule has 1 heterocycles. The summed E-state index contributed by atoms with van der Waals surface area (Å²) in [5.74, 6) is 1.48. The molecule has 4 nitrogen and oxygen atoms in total. The molecule has 0 aliphatic heterocycles. The first kappa shape index (κ1) is 11.1. The van der Waals surface area contributed by atoms with Crippen molar-refractivity contribution in [2.75, 3.05) is 5.73 Å². The van der Waals surface area contributed by atoms with E-state index in [2.05, 4.69) is 29.3 Å². The van der Waals surface area contributed by atoms with Crippen molar-refractivity contribution in [3.63, 3.8) is 0 Å². The van der Waals surface area contributed by atoms with Crippen LogP contribution in [0, 0.1) is 6.92 Å². The molecule has 3 N–H and O–H groups in total. The molecule has 0 radical (unpaired) electrons. The maximum atomic E-state index is 6.02. The molecule has 1 aliphatic rings. The highest BCUT2D eigenvalue weighted by Gasteiger charge is 2.21. The summed E-state index contributed by atoms with van der Waals surface area (Å²) >= 11 is 0. The molecular weight excluding hydrogens is 226 g/mol. The Hall–Kier alpha value is -1.97. The van der Waals surface area contributed by atoms with Gasteiger partial charge in [-0.3, -0.25) is 5.10 Å². The van der Waals surface area contributed by atoms with Crippen molar-refractivity contribution in [2.45, 2.75) is 32.3 Å². The lowest BCUT2D eigenvalue weighted by Crippen LogP contribution is -2.24. The van der Waals surface area contributed by atoms with Crippen LogP contribution >= 0.6 is 0 Å². The fraction of sp³-hybridized carbons (Fsp3) is 0.357. The van der Waals surface area contributed by atoms with E-state index in [4.69, 9.17) is 10.5 Å². The normalized spacial score (nSPS) is 15.4. The number of aromatic nitrogens is 2. The first-order valence-electron chi connectivity index (χ1n) is 6.30. The van der Waals surface area contributed by atoms with Crippen molar-refractivity contribution in [3.8, 4) is 16.9 Å². The van der Waals surface area contributed by atoms with Gasteiger partial charge in [0.25, 0.3) is 0 Å². The number of hydrogen-bond donors (Lipinski definition) is 2. The van der Waals surface area contributed by atoms with Crippen molar-refractivity contribution < 1.29 is 4.74 Å². The van der Waals surface area contributed by atoms with Crippen LogP contribution in [0.4, 0.5) is 5.82 Å². The SMILES string of the molecule is Cc1ccc(OC2CCC2)c(-c2cn[nH]c2N)c1. The van der Waals surface area contributed by atoms with Gasteiger partial charge in [-0.25, -0.2) is 0 Å². The largest absolute Gasteiger partial charge is 0.490 e. The topological polar surface area (TPSA) is 63.9 Å². The summed E-state index contributed by atoms with van der Waals surface area (Å²) in [4.78, 5) is 0. The van der Waals surface area contributed by atoms with Crippen LogP contribution in [0.25, 0.3) is 11.1 Å². The van der Waals surface area contributed by atoms with Gasteiger partial charge in [0.1, 0.15) is 11.6 Å². The minimum absolute atomic E-state index is 0.361. The summed E-state index contributed by atoms with van der Waals surface area (Å²) in [6, 6.07) is 6.18. The average molecular weight is 243 g/mol. The van der Waals surface area contributed by atoms with E-state index in [1.54, 1.807) is 6.20 Å². The fourth-order valence-electron chi connectivity index (χ4n) is 2.14. The quantitative estimate of drug-likeness (QED) is 0.871. The van der Waals surface area contributed by atoms with Crippen molar-refractivity contribution in [1.82, 2.24) is 10.2 Å². The van der Waals surface area contributed by atoms with Crippen LogP contribution in [-0.4, -0.2) is 16.3 Å². The molecule has 1 fully saturated rings. The Morgan fingerprint density at radius 2 is 2.17 bits per heavy atom. The molecule has 18 heavy (non-hydrogen) atoms. The number of aromatic amines is 1. The standard InChI is InChI=1S/C14H17N3O/c1-9-5-6-13(18-10-3-2-4-10)11(7-9)12-8-16-17-14(12)15/h5-8,10H,2-4H2,1H3,(H3,15,16,17). The molecule has 1 aromatic carbocycles. The number of benzene rings is 1. The number of hydrogen-bond acceptors (Lipinski definition) is 3. The summed E-state index contributed by atoms with van der Waals surface area (Å²) in [5, 5.41) is 6.74. The monoisotopic (exact) mass is 243 g/mol. The Kier molecular flexibility index (Phi) is 2.70. The number of nitrogens with one attached hydrogen (secondary N) is 1. The second-order valence-electron chi connectivity index (χ2n) is 4.87. The first-order chi connectivity index (χ1) is 8.74. The Labute approximate surface area is 106 Å². The molecule has 0 spiro atoms. The van der Waals surface area contributed by atoms with Gasteiger partial charge < -0.3 is 10.5 Å². The van der Waals surface area contributed by atoms with Crippen molar-refractivity contribution in [2.24, 2.45) is 0 Å². The molecule has 0 amide bonds. The third kappa shape index (κ3) is 1.94. The Morgan fingerprint density at radius 3 is 2.78 bits per heavy atom. The minimum atomic E-state index is 0.361. The molecule has 0 bridgehead atoms. The summed E-state index contributed by atoms with van der Waals surface area (Å²) in [6.07, 6.45) is 5.67. The maximum Gasteiger partial charge on any atom is 0.127 e. The summed E-state index contributed by atoms with van der Waals surface area (Å²) < 4.78 is 6.02. The summed E-state index contributed by atoms with van der Waals surface area (Å²) in [5.41, 5.74) is 9.01. The van der Waals surface area contributed by atoms with Gasteiger partial charge in [0, 0.05) is 11.1 Å². The number of ether oxygens (including phenoxy) is 1. The van der Waals surface area contributed by atoms with Gasteiger partial charge in [-0.2, -0.15) is 5.10 Å². The van der Waals surface area contributed by atoms with E-state index < -0.39 is 0 Å². The van der Waals surface area contributed by atoms with E-state index in [1.807, 2.05) is 6.07 Å². The molecule has 2 aromatic rings. The van der Waals surface area contributed by atoms with Gasteiger partial charge in [-0.1, -0.05) is 11.6 Å². The Morgan fingerprint density at radius 1 is 1.33 bits per heavy atom. The van der Waals surface area contributed by atoms with Crippen LogP contribution in [0.15, 0.2) is 24.4 Å². The third-order valence-corrected chi connectivity index (χ3v) is 3.44. The predicted octanol–water partition coefficient (Wildman–Crippen LogP) is 2.90. The second-order valence-corrected chi connectivity index (χ2v) is 4.87. The molecule has 94 valence electrons. The van der Waals surface area contributed by atoms with Crippen molar-refractivity contribution in [1.29, 1.82) is 0 Å². The molecule has 3 rings (SSSR count). The lowest BCUT2D eigenvalue weighted by atomic mass is 9.96. The molecule has 1 aromatic heterocycles. The van der Waals surface area contributed by atoms with Crippen LogP contribution < -0.4 is 10.5 Å². The molecule has 0 unspecified atom stereocenters. The number of nitrogens with two attached hydrogens (primary N) is 1. The summed E-state index contributed by atoms with van der Waals surface area (Å²) in [7, 11) is 0. The highest BCUT2D eigenvalue weighted by atomic mass is 16.5. The second kappa shape index (κ2) is 4.37. The zero-order valence-corrected chi connectivity index (χ0v) is 10.4. The molecule has 0 saturated heterocycles. The molecule has 4 heteroatoms. The molecule has 0 atom stereocenters. The fourth-order valence-corrected chi connectivity index (χ4v) is 2.14. The van der Waals surface area contributed by atoms with Crippen LogP contribution in [0.5, 0.6) is 5.75 Å². The van der Waals surface area contributed by atoms with E-state index in [0.717, 1.165) is 29.7 Å². The van der Waals surface area contributed by atoms with E-state index in [0.29, 0.717) is 11.9 Å². The lowest BCUT2D eigenvalue weighted by Gasteiger charge is -2.27. The van der Waals surface area contributed by atoms with Gasteiger partial charge >= 0.3 is 0 Å². The first-order valence-corrected chi connectivity index (χ1v) is 6.30. The molecule has 1 saturated carbocycles. The van der Waals surface area contributed by atoms with Crippen LogP contribution in [0.1, 0.15) is 24.8 Å². The number of anilines is 1. The Balaban J connectivity index is 2.00. The smallest absolute Gasteiger partial charge is 0.127 e. The zero-order valence-electron chi connectivity index (χ0n) is 10.4. The maximum absolute atomic E-state index is 6.02. The van der Waals surface area contributed by atoms with Crippen LogP contribution in [0.3, 0.4) is 0 Å². The number of H-pyrrole nitrogens is 1. The number of nitrogen functional groups attached to an aromatic ring is 1. The number of nitrogens with zero attached hydrogens (tertiary/aromatic N) is 1. The van der Waals surface area contributed by atoms with Gasteiger partial charge in [0.15, 0.2) is 0 Å². The summed E-state index contributed by atoms with van der Waals surface area (Å²) in [6.45, 7) is 2.06. The van der Waals surface area contributed by atoms with E-state index in [-0.39, 0.29) is 0 Å². The van der Waals surface area contributed by atoms with Crippen LogP contribution in [0.2, 0.25) is 0 Å². The lowest BCUT2D eigenvalue weighted by molar-refractivity contribution is 0.121. The predicted molar refractivity (Wildman–Crippen MR) is 71.4 cm³/mol. The van der Waals surface area contributed by atoms with Gasteiger partial charge in [-0.15, -0.1) is 0 Å². The zero-order chi connectivity index (χ0) is 12.5. The van der Waals surface area contributed by atoms with Crippen molar-refractivity contribution in [3.05, 3.63) is 30.0 Å². The van der Waals surface area contributed by atoms with E-state index in [9.17, 15) is 0 Å². The highest BCUT2D eigenvalue weighted by Crippen LogP contribution is 2.36. The van der Waals surface area contributed by atoms with Crippen molar-refractivity contribution >= 4 is 5.82 Å². The third-order valence-electron chi connectivity index (χ3n) is 3.44. The minimum Gasteiger partial charge on any atom is -0.490 e. The van der Waals surface area contributed by atoms with E-state index in [1.165, 1.54) is 12.0 Å². The van der Waals surface area contributed by atoms with E-state index >= 15 is 0 Å². The Bertz CT molecular complexity index is 558. The molecular formula is C14H17N3O. The van der Waals surface area contributed by atoms with Crippen LogP contribution in [-0.2, 0) is 0 Å². The number of aryl methyl sites for hydroxylation is 1. The van der Waals surface area contributed by atoms with Gasteiger partial charge in [0.05, 0.1) is 12.3 Å². The van der Waals surface area contributed by atoms with Gasteiger partial charge in [0.2, 0.25) is 0 Å². The average Bonchev–Trinajstić information content (AvgIpc) is 2.71. The number of rotatable bonds is 3. The highest BCUT2D eigenvalue weighted by molar-refractivity contribution is 5.78.